The lowest BCUT2D eigenvalue weighted by Gasteiger charge is -2.08. The summed E-state index contributed by atoms with van der Waals surface area (Å²) >= 11 is 1.40. The lowest BCUT2D eigenvalue weighted by molar-refractivity contribution is 0.475. The summed E-state index contributed by atoms with van der Waals surface area (Å²) in [5, 5.41) is 22.5. The minimum Gasteiger partial charge on any atom is -0.507 e. The molecule has 0 amide bonds. The lowest BCUT2D eigenvalue weighted by atomic mass is 10.00. The Morgan fingerprint density at radius 3 is 2.78 bits per heavy atom. The molecule has 0 unspecified atom stereocenters. The fraction of sp³-hybridized carbons (Fsp3) is 0. The number of phenols is 1. The van der Waals surface area contributed by atoms with Gasteiger partial charge in [0.05, 0.1) is 5.56 Å². The van der Waals surface area contributed by atoms with E-state index >= 15 is 0 Å². The van der Waals surface area contributed by atoms with Gasteiger partial charge in [-0.2, -0.15) is 0 Å². The standard InChI is InChI=1S/C14H10N2OS/c15-13(14-16-7-8-18-14)12-10-4-2-1-3-9(10)5-6-11(12)17/h1-8,15,17H. The van der Waals surface area contributed by atoms with Gasteiger partial charge in [-0.1, -0.05) is 30.3 Å². The van der Waals surface area contributed by atoms with Crippen molar-refractivity contribution in [3.05, 3.63) is 58.5 Å². The van der Waals surface area contributed by atoms with Gasteiger partial charge < -0.3 is 5.11 Å². The highest BCUT2D eigenvalue weighted by Crippen LogP contribution is 2.29. The van der Waals surface area contributed by atoms with E-state index < -0.39 is 0 Å². The van der Waals surface area contributed by atoms with Crippen molar-refractivity contribution in [3.63, 3.8) is 0 Å². The van der Waals surface area contributed by atoms with Crippen molar-refractivity contribution in [1.82, 2.24) is 4.98 Å². The molecule has 0 spiro atoms. The van der Waals surface area contributed by atoms with Crippen LogP contribution in [0.4, 0.5) is 0 Å². The second kappa shape index (κ2) is 4.23. The highest BCUT2D eigenvalue weighted by atomic mass is 32.1. The monoisotopic (exact) mass is 254 g/mol. The average Bonchev–Trinajstić information content (AvgIpc) is 2.92. The van der Waals surface area contributed by atoms with Crippen LogP contribution in [0.2, 0.25) is 0 Å². The van der Waals surface area contributed by atoms with Crippen molar-refractivity contribution in [1.29, 1.82) is 5.41 Å². The van der Waals surface area contributed by atoms with Crippen LogP contribution in [0, 0.1) is 5.41 Å². The Balaban J connectivity index is 2.28. The fourth-order valence-electron chi connectivity index (χ4n) is 1.98. The van der Waals surface area contributed by atoms with Crippen LogP contribution in [0.15, 0.2) is 48.0 Å². The van der Waals surface area contributed by atoms with Gasteiger partial charge in [-0.3, -0.25) is 5.41 Å². The third-order valence-electron chi connectivity index (χ3n) is 2.80. The third-order valence-corrected chi connectivity index (χ3v) is 3.59. The van der Waals surface area contributed by atoms with Gasteiger partial charge in [0.1, 0.15) is 16.5 Å². The van der Waals surface area contributed by atoms with E-state index in [-0.39, 0.29) is 11.5 Å². The van der Waals surface area contributed by atoms with Crippen LogP contribution in [0.5, 0.6) is 5.75 Å². The van der Waals surface area contributed by atoms with E-state index in [0.29, 0.717) is 10.6 Å². The van der Waals surface area contributed by atoms with Gasteiger partial charge in [0.15, 0.2) is 0 Å². The first-order valence-corrected chi connectivity index (χ1v) is 6.35. The molecule has 0 saturated heterocycles. The molecule has 18 heavy (non-hydrogen) atoms. The van der Waals surface area contributed by atoms with E-state index in [1.54, 1.807) is 12.3 Å². The van der Waals surface area contributed by atoms with Crippen molar-refractivity contribution in [2.24, 2.45) is 0 Å². The number of aromatic nitrogens is 1. The molecular formula is C14H10N2OS. The summed E-state index contributed by atoms with van der Waals surface area (Å²) in [7, 11) is 0. The van der Waals surface area contributed by atoms with Crippen LogP contribution in [-0.4, -0.2) is 15.8 Å². The van der Waals surface area contributed by atoms with Crippen LogP contribution in [0.25, 0.3) is 10.8 Å². The lowest BCUT2D eigenvalue weighted by Crippen LogP contribution is -2.02. The molecule has 0 radical (unpaired) electrons. The molecule has 1 heterocycles. The minimum absolute atomic E-state index is 0.119. The highest BCUT2D eigenvalue weighted by Gasteiger charge is 2.15. The van der Waals surface area contributed by atoms with Gasteiger partial charge in [-0.25, -0.2) is 4.98 Å². The third kappa shape index (κ3) is 1.67. The second-order valence-electron chi connectivity index (χ2n) is 3.89. The summed E-state index contributed by atoms with van der Waals surface area (Å²) in [6, 6.07) is 11.2. The number of fused-ring (bicyclic) bond motifs is 1. The molecule has 0 aliphatic carbocycles. The normalized spacial score (nSPS) is 10.7. The zero-order chi connectivity index (χ0) is 12.5. The molecule has 3 rings (SSSR count). The maximum absolute atomic E-state index is 10.0. The highest BCUT2D eigenvalue weighted by molar-refractivity contribution is 7.11. The van der Waals surface area contributed by atoms with E-state index in [1.165, 1.54) is 11.3 Å². The molecule has 1 aromatic heterocycles. The number of thiazole rings is 1. The Morgan fingerprint density at radius 1 is 1.17 bits per heavy atom. The Morgan fingerprint density at radius 2 is 2.00 bits per heavy atom. The van der Waals surface area contributed by atoms with Crippen LogP contribution in [0.1, 0.15) is 10.6 Å². The van der Waals surface area contributed by atoms with Crippen molar-refractivity contribution in [2.75, 3.05) is 0 Å². The average molecular weight is 254 g/mol. The summed E-state index contributed by atoms with van der Waals surface area (Å²) in [6.07, 6.45) is 1.66. The van der Waals surface area contributed by atoms with Crippen molar-refractivity contribution in [2.45, 2.75) is 0 Å². The molecule has 0 atom stereocenters. The van der Waals surface area contributed by atoms with Gasteiger partial charge in [0.2, 0.25) is 0 Å². The summed E-state index contributed by atoms with van der Waals surface area (Å²) in [6.45, 7) is 0. The number of nitrogens with one attached hydrogen (secondary N) is 1. The molecule has 0 bridgehead atoms. The maximum atomic E-state index is 10.0. The number of benzene rings is 2. The zero-order valence-corrected chi connectivity index (χ0v) is 10.2. The molecule has 4 heteroatoms. The number of hydrogen-bond donors (Lipinski definition) is 2. The van der Waals surface area contributed by atoms with E-state index in [2.05, 4.69) is 4.98 Å². The van der Waals surface area contributed by atoms with Crippen LogP contribution < -0.4 is 0 Å². The van der Waals surface area contributed by atoms with Crippen molar-refractivity contribution < 1.29 is 5.11 Å². The van der Waals surface area contributed by atoms with E-state index in [0.717, 1.165) is 10.8 Å². The van der Waals surface area contributed by atoms with E-state index in [1.807, 2.05) is 35.7 Å². The molecule has 2 N–H and O–H groups in total. The van der Waals surface area contributed by atoms with Crippen LogP contribution in [-0.2, 0) is 0 Å². The summed E-state index contributed by atoms with van der Waals surface area (Å²) in [5.41, 5.74) is 0.808. The van der Waals surface area contributed by atoms with Gasteiger partial charge in [0, 0.05) is 11.6 Å². The molecule has 88 valence electrons. The summed E-state index contributed by atoms with van der Waals surface area (Å²) in [4.78, 5) is 4.12. The molecule has 0 aliphatic rings. The van der Waals surface area contributed by atoms with E-state index in [4.69, 9.17) is 5.41 Å². The fourth-order valence-corrected chi connectivity index (χ4v) is 2.57. The smallest absolute Gasteiger partial charge is 0.141 e. The van der Waals surface area contributed by atoms with Gasteiger partial charge in [-0.15, -0.1) is 11.3 Å². The van der Waals surface area contributed by atoms with Gasteiger partial charge in [-0.05, 0) is 16.8 Å². The topological polar surface area (TPSA) is 57.0 Å². The number of phenolic OH excluding ortho intramolecular Hbond substituents is 1. The Labute approximate surface area is 108 Å². The SMILES string of the molecule is N=C(c1nccs1)c1c(O)ccc2ccccc12. The molecule has 0 fully saturated rings. The first-order valence-electron chi connectivity index (χ1n) is 5.47. The van der Waals surface area contributed by atoms with Crippen molar-refractivity contribution >= 4 is 27.8 Å². The Kier molecular flexibility index (Phi) is 2.57. The van der Waals surface area contributed by atoms with Crippen LogP contribution >= 0.6 is 11.3 Å². The predicted octanol–water partition coefficient (Wildman–Crippen LogP) is 3.42. The Bertz CT molecular complexity index is 720. The maximum Gasteiger partial charge on any atom is 0.141 e. The number of hydrogen-bond acceptors (Lipinski definition) is 4. The Hall–Kier alpha value is -2.20. The molecule has 3 nitrogen and oxygen atoms in total. The molecular weight excluding hydrogens is 244 g/mol. The molecule has 3 aromatic rings. The zero-order valence-electron chi connectivity index (χ0n) is 9.42. The first-order chi connectivity index (χ1) is 8.77. The number of nitrogens with zero attached hydrogens (tertiary/aromatic N) is 1. The van der Waals surface area contributed by atoms with Crippen molar-refractivity contribution in [3.8, 4) is 5.75 Å². The van der Waals surface area contributed by atoms with Gasteiger partial charge >= 0.3 is 0 Å². The van der Waals surface area contributed by atoms with Gasteiger partial charge in [0.25, 0.3) is 0 Å². The first kappa shape index (κ1) is 10.9. The molecule has 0 aliphatic heterocycles. The van der Waals surface area contributed by atoms with E-state index in [9.17, 15) is 5.11 Å². The number of rotatable bonds is 2. The summed E-state index contributed by atoms with van der Waals surface area (Å²) < 4.78 is 0. The predicted molar refractivity (Wildman–Crippen MR) is 73.7 cm³/mol. The van der Waals surface area contributed by atoms with Crippen LogP contribution in [0.3, 0.4) is 0 Å². The molecule has 0 saturated carbocycles. The summed E-state index contributed by atoms with van der Waals surface area (Å²) in [5.74, 6) is 0.119. The quantitative estimate of drug-likeness (QED) is 0.688. The number of aromatic hydroxyl groups is 1. The molecule has 2 aromatic carbocycles. The minimum atomic E-state index is 0.119. The second-order valence-corrected chi connectivity index (χ2v) is 4.79. The largest absolute Gasteiger partial charge is 0.507 e.